The van der Waals surface area contributed by atoms with Gasteiger partial charge in [0.25, 0.3) is 5.91 Å². The normalized spacial score (nSPS) is 10.8. The molecule has 0 fully saturated rings. The molecule has 0 aromatic heterocycles. The van der Waals surface area contributed by atoms with Crippen LogP contribution in [0, 0.1) is 0 Å². The summed E-state index contributed by atoms with van der Waals surface area (Å²) < 4.78 is 29.1. The lowest BCUT2D eigenvalue weighted by atomic mass is 10.2. The number of nitrogens with one attached hydrogen (secondary N) is 2. The van der Waals surface area contributed by atoms with Crippen LogP contribution >= 0.6 is 0 Å². The van der Waals surface area contributed by atoms with Crippen molar-refractivity contribution in [3.8, 4) is 0 Å². The number of rotatable bonds is 7. The first-order valence-corrected chi connectivity index (χ1v) is 10.0. The third kappa shape index (κ3) is 5.65. The molecule has 2 rings (SSSR count). The number of benzene rings is 2. The van der Waals surface area contributed by atoms with E-state index in [0.29, 0.717) is 11.4 Å². The molecule has 0 heterocycles. The molecule has 148 valence electrons. The molecule has 2 aromatic rings. The van der Waals surface area contributed by atoms with Gasteiger partial charge in [-0.25, -0.2) is 13.2 Å². The summed E-state index contributed by atoms with van der Waals surface area (Å²) in [6, 6.07) is 12.1. The van der Waals surface area contributed by atoms with Gasteiger partial charge in [-0.05, 0) is 30.3 Å². The maximum absolute atomic E-state index is 12.2. The van der Waals surface area contributed by atoms with Gasteiger partial charge in [-0.1, -0.05) is 25.1 Å². The van der Waals surface area contributed by atoms with Gasteiger partial charge in [0.15, 0.2) is 16.4 Å². The van der Waals surface area contributed by atoms with Crippen LogP contribution in [0.15, 0.2) is 53.4 Å². The molecule has 0 unspecified atom stereocenters. The fourth-order valence-electron chi connectivity index (χ4n) is 2.35. The lowest BCUT2D eigenvalue weighted by Crippen LogP contribution is -2.22. The average molecular weight is 404 g/mol. The molecule has 2 amide bonds. The summed E-state index contributed by atoms with van der Waals surface area (Å²) in [7, 11) is -3.61. The van der Waals surface area contributed by atoms with Crippen LogP contribution < -0.4 is 10.6 Å². The van der Waals surface area contributed by atoms with E-state index < -0.39 is 28.3 Å². The van der Waals surface area contributed by atoms with Gasteiger partial charge in [0.05, 0.1) is 16.2 Å². The molecule has 0 aliphatic carbocycles. The summed E-state index contributed by atoms with van der Waals surface area (Å²) in [5.41, 5.74) is 0.784. The zero-order valence-corrected chi connectivity index (χ0v) is 16.2. The zero-order valence-electron chi connectivity index (χ0n) is 15.4. The fraction of sp³-hybridized carbons (Fsp3) is 0.211. The zero-order chi connectivity index (χ0) is 20.7. The first kappa shape index (κ1) is 21.1. The van der Waals surface area contributed by atoms with E-state index in [4.69, 9.17) is 4.74 Å². The highest BCUT2D eigenvalue weighted by molar-refractivity contribution is 7.91. The Bertz CT molecular complexity index is 1000. The van der Waals surface area contributed by atoms with Crippen molar-refractivity contribution in [2.24, 2.45) is 0 Å². The van der Waals surface area contributed by atoms with Crippen LogP contribution in [0.25, 0.3) is 0 Å². The van der Waals surface area contributed by atoms with Crippen molar-refractivity contribution >= 4 is 39.0 Å². The molecule has 0 spiro atoms. The standard InChI is InChI=1S/C19H20N2O6S/c1-3-28(25,26)17-10-5-4-9-16(17)19(24)27-12-18(23)21-15-8-6-7-14(11-15)20-13(2)22/h4-11H,3,12H2,1-2H3,(H,20,22)(H,21,23). The Labute approximate surface area is 162 Å². The topological polar surface area (TPSA) is 119 Å². The number of amides is 2. The number of hydrogen-bond acceptors (Lipinski definition) is 6. The van der Waals surface area contributed by atoms with E-state index in [0.717, 1.165) is 0 Å². The Kier molecular flexibility index (Phi) is 6.89. The van der Waals surface area contributed by atoms with E-state index in [1.54, 1.807) is 24.3 Å². The SMILES string of the molecule is CCS(=O)(=O)c1ccccc1C(=O)OCC(=O)Nc1cccc(NC(C)=O)c1. The second-order valence-corrected chi connectivity index (χ2v) is 8.03. The molecule has 0 saturated carbocycles. The lowest BCUT2D eigenvalue weighted by Gasteiger charge is -2.10. The number of carbonyl (C=O) groups excluding carboxylic acids is 3. The van der Waals surface area contributed by atoms with Gasteiger partial charge in [0.2, 0.25) is 5.91 Å². The van der Waals surface area contributed by atoms with Crippen LogP contribution in [0.3, 0.4) is 0 Å². The molecular formula is C19H20N2O6S. The monoisotopic (exact) mass is 404 g/mol. The minimum atomic E-state index is -3.61. The van der Waals surface area contributed by atoms with Crippen LogP contribution in [0.1, 0.15) is 24.2 Å². The Balaban J connectivity index is 2.02. The maximum Gasteiger partial charge on any atom is 0.339 e. The van der Waals surface area contributed by atoms with Crippen molar-refractivity contribution in [1.82, 2.24) is 0 Å². The molecule has 0 radical (unpaired) electrons. The summed E-state index contributed by atoms with van der Waals surface area (Å²) in [4.78, 5) is 35.2. The predicted octanol–water partition coefficient (Wildman–Crippen LogP) is 2.23. The number of ether oxygens (including phenoxy) is 1. The number of anilines is 2. The smallest absolute Gasteiger partial charge is 0.339 e. The Hall–Kier alpha value is -3.20. The minimum absolute atomic E-state index is 0.121. The van der Waals surface area contributed by atoms with E-state index in [-0.39, 0.29) is 22.1 Å². The van der Waals surface area contributed by atoms with Gasteiger partial charge < -0.3 is 15.4 Å². The highest BCUT2D eigenvalue weighted by Crippen LogP contribution is 2.18. The van der Waals surface area contributed by atoms with E-state index in [2.05, 4.69) is 10.6 Å². The number of sulfone groups is 1. The van der Waals surface area contributed by atoms with Gasteiger partial charge in [0, 0.05) is 18.3 Å². The van der Waals surface area contributed by atoms with Gasteiger partial charge in [-0.15, -0.1) is 0 Å². The first-order valence-electron chi connectivity index (χ1n) is 8.39. The second kappa shape index (κ2) is 9.14. The highest BCUT2D eigenvalue weighted by atomic mass is 32.2. The van der Waals surface area contributed by atoms with Gasteiger partial charge in [0.1, 0.15) is 0 Å². The second-order valence-electron chi connectivity index (χ2n) is 5.79. The number of esters is 1. The number of carbonyl (C=O) groups is 3. The van der Waals surface area contributed by atoms with Crippen LogP contribution in [0.4, 0.5) is 11.4 Å². The molecule has 0 bridgehead atoms. The molecule has 28 heavy (non-hydrogen) atoms. The fourth-order valence-corrected chi connectivity index (χ4v) is 3.43. The Morgan fingerprint density at radius 1 is 0.964 bits per heavy atom. The van der Waals surface area contributed by atoms with Crippen molar-refractivity contribution in [1.29, 1.82) is 0 Å². The third-order valence-electron chi connectivity index (χ3n) is 3.62. The van der Waals surface area contributed by atoms with Crippen molar-refractivity contribution in [2.75, 3.05) is 23.0 Å². The van der Waals surface area contributed by atoms with E-state index in [9.17, 15) is 22.8 Å². The minimum Gasteiger partial charge on any atom is -0.452 e. The van der Waals surface area contributed by atoms with Crippen molar-refractivity contribution in [2.45, 2.75) is 18.7 Å². The van der Waals surface area contributed by atoms with Crippen LogP contribution in [0.5, 0.6) is 0 Å². The van der Waals surface area contributed by atoms with Crippen LogP contribution in [-0.2, 0) is 24.2 Å². The average Bonchev–Trinajstić information content (AvgIpc) is 2.66. The number of hydrogen-bond donors (Lipinski definition) is 2. The van der Waals surface area contributed by atoms with Crippen LogP contribution in [0.2, 0.25) is 0 Å². The Morgan fingerprint density at radius 2 is 1.61 bits per heavy atom. The molecule has 0 aliphatic rings. The van der Waals surface area contributed by atoms with E-state index in [1.165, 1.54) is 38.1 Å². The van der Waals surface area contributed by atoms with Crippen molar-refractivity contribution in [3.63, 3.8) is 0 Å². The predicted molar refractivity (Wildman–Crippen MR) is 104 cm³/mol. The quantitative estimate of drug-likeness (QED) is 0.683. The molecule has 0 atom stereocenters. The van der Waals surface area contributed by atoms with Gasteiger partial charge in [-0.3, -0.25) is 9.59 Å². The first-order chi connectivity index (χ1) is 13.2. The van der Waals surface area contributed by atoms with Crippen molar-refractivity contribution < 1.29 is 27.5 Å². The molecule has 2 aromatic carbocycles. The third-order valence-corrected chi connectivity index (χ3v) is 5.41. The molecule has 0 saturated heterocycles. The van der Waals surface area contributed by atoms with Crippen molar-refractivity contribution in [3.05, 3.63) is 54.1 Å². The summed E-state index contributed by atoms with van der Waals surface area (Å²) in [5.74, 6) is -1.93. The summed E-state index contributed by atoms with van der Waals surface area (Å²) in [6.07, 6.45) is 0. The molecular weight excluding hydrogens is 384 g/mol. The summed E-state index contributed by atoms with van der Waals surface area (Å²) in [5, 5.41) is 5.12. The van der Waals surface area contributed by atoms with Crippen LogP contribution in [-0.4, -0.2) is 38.6 Å². The lowest BCUT2D eigenvalue weighted by molar-refractivity contribution is -0.119. The van der Waals surface area contributed by atoms with E-state index >= 15 is 0 Å². The summed E-state index contributed by atoms with van der Waals surface area (Å²) >= 11 is 0. The highest BCUT2D eigenvalue weighted by Gasteiger charge is 2.22. The largest absolute Gasteiger partial charge is 0.452 e. The molecule has 9 heteroatoms. The Morgan fingerprint density at radius 3 is 2.25 bits per heavy atom. The molecule has 2 N–H and O–H groups in total. The molecule has 0 aliphatic heterocycles. The summed E-state index contributed by atoms with van der Waals surface area (Å²) in [6.45, 7) is 2.24. The van der Waals surface area contributed by atoms with E-state index in [1.807, 2.05) is 0 Å². The maximum atomic E-state index is 12.2. The van der Waals surface area contributed by atoms with Gasteiger partial charge in [-0.2, -0.15) is 0 Å². The molecule has 8 nitrogen and oxygen atoms in total. The van der Waals surface area contributed by atoms with Gasteiger partial charge >= 0.3 is 5.97 Å².